The van der Waals surface area contributed by atoms with Crippen molar-refractivity contribution in [1.82, 2.24) is 0 Å². The molecule has 0 aliphatic heterocycles. The predicted molar refractivity (Wildman–Crippen MR) is 47.2 cm³/mol. The SMILES string of the molecule is ClCCOP(OCl)OCCCl. The van der Waals surface area contributed by atoms with Gasteiger partial charge < -0.3 is 9.05 Å². The fourth-order valence-electron chi connectivity index (χ4n) is 0.295. The number of hydrogen-bond acceptors (Lipinski definition) is 3. The largest absolute Gasteiger partial charge is 0.350 e. The van der Waals surface area contributed by atoms with Crippen LogP contribution in [0.4, 0.5) is 0 Å². The Kier molecular flexibility index (Phi) is 10.3. The fourth-order valence-corrected chi connectivity index (χ4v) is 1.54. The third-order valence-corrected chi connectivity index (χ3v) is 2.15. The summed E-state index contributed by atoms with van der Waals surface area (Å²) in [6.07, 6.45) is 0. The minimum atomic E-state index is -1.47. The first-order chi connectivity index (χ1) is 5.35. The Balaban J connectivity index is 3.25. The smallest absolute Gasteiger partial charge is 0.310 e. The van der Waals surface area contributed by atoms with Crippen molar-refractivity contribution in [3.05, 3.63) is 0 Å². The molecule has 0 aromatic rings. The molecule has 0 amide bonds. The Bertz CT molecular complexity index is 79.0. The molecule has 0 N–H and O–H groups in total. The van der Waals surface area contributed by atoms with Gasteiger partial charge in [-0.1, -0.05) is 0 Å². The van der Waals surface area contributed by atoms with Crippen molar-refractivity contribution >= 4 is 43.7 Å². The average Bonchev–Trinajstić information content (AvgIpc) is 2.05. The lowest BCUT2D eigenvalue weighted by Gasteiger charge is -2.10. The van der Waals surface area contributed by atoms with Crippen molar-refractivity contribution in [1.29, 1.82) is 0 Å². The van der Waals surface area contributed by atoms with E-state index in [0.29, 0.717) is 25.0 Å². The van der Waals surface area contributed by atoms with E-state index in [0.717, 1.165) is 0 Å². The van der Waals surface area contributed by atoms with Crippen LogP contribution in [0.15, 0.2) is 0 Å². The maximum atomic E-state index is 5.34. The molecule has 0 spiro atoms. The van der Waals surface area contributed by atoms with Gasteiger partial charge in [-0.15, -0.1) is 23.2 Å². The van der Waals surface area contributed by atoms with Crippen LogP contribution in [0.2, 0.25) is 0 Å². The van der Waals surface area contributed by atoms with Crippen LogP contribution in [0.25, 0.3) is 0 Å². The van der Waals surface area contributed by atoms with Crippen molar-refractivity contribution < 1.29 is 13.1 Å². The third kappa shape index (κ3) is 7.54. The first kappa shape index (κ1) is 12.2. The van der Waals surface area contributed by atoms with E-state index in [1.807, 2.05) is 0 Å². The van der Waals surface area contributed by atoms with Crippen LogP contribution in [-0.4, -0.2) is 25.0 Å². The lowest BCUT2D eigenvalue weighted by Crippen LogP contribution is -1.96. The summed E-state index contributed by atoms with van der Waals surface area (Å²) >= 11 is 15.7. The first-order valence-corrected chi connectivity index (χ1v) is 5.29. The molecule has 0 atom stereocenters. The molecule has 0 aromatic heterocycles. The van der Waals surface area contributed by atoms with Gasteiger partial charge in [0.2, 0.25) is 0 Å². The van der Waals surface area contributed by atoms with Crippen LogP contribution in [0.1, 0.15) is 0 Å². The average molecular weight is 241 g/mol. The topological polar surface area (TPSA) is 27.7 Å². The quantitative estimate of drug-likeness (QED) is 0.507. The Hall–Kier alpha value is 1.18. The van der Waals surface area contributed by atoms with Gasteiger partial charge in [0.1, 0.15) is 0 Å². The summed E-state index contributed by atoms with van der Waals surface area (Å²) in [7, 11) is -1.47. The second-order valence-corrected chi connectivity index (χ2v) is 3.61. The highest BCUT2D eigenvalue weighted by molar-refractivity contribution is 7.42. The highest BCUT2D eigenvalue weighted by atomic mass is 35.5. The van der Waals surface area contributed by atoms with Gasteiger partial charge in [-0.3, -0.25) is 0 Å². The first-order valence-electron chi connectivity index (χ1n) is 2.81. The summed E-state index contributed by atoms with van der Waals surface area (Å²) in [4.78, 5) is 0. The van der Waals surface area contributed by atoms with E-state index in [4.69, 9.17) is 44.1 Å². The van der Waals surface area contributed by atoms with E-state index in [2.05, 4.69) is 4.08 Å². The van der Waals surface area contributed by atoms with Crippen LogP contribution in [0, 0.1) is 0 Å². The van der Waals surface area contributed by atoms with Crippen molar-refractivity contribution in [2.75, 3.05) is 25.0 Å². The van der Waals surface area contributed by atoms with Gasteiger partial charge in [-0.05, 0) is 0 Å². The third-order valence-electron chi connectivity index (χ3n) is 0.604. The van der Waals surface area contributed by atoms with Gasteiger partial charge in [0.05, 0.1) is 25.1 Å². The number of alkyl halides is 2. The second-order valence-electron chi connectivity index (χ2n) is 1.34. The Morgan fingerprint density at radius 1 is 1.00 bits per heavy atom. The summed E-state index contributed by atoms with van der Waals surface area (Å²) in [5.74, 6) is 0.757. The van der Waals surface area contributed by atoms with Crippen molar-refractivity contribution in [3.63, 3.8) is 0 Å². The van der Waals surface area contributed by atoms with Crippen molar-refractivity contribution in [2.45, 2.75) is 0 Å². The summed E-state index contributed by atoms with van der Waals surface area (Å²) < 4.78 is 14.2. The zero-order chi connectivity index (χ0) is 8.53. The molecule has 0 bridgehead atoms. The second kappa shape index (κ2) is 9.27. The minimum absolute atomic E-state index is 0.349. The van der Waals surface area contributed by atoms with Crippen LogP contribution >= 0.6 is 43.7 Å². The number of rotatable bonds is 7. The molecule has 0 saturated heterocycles. The molecule has 0 rings (SSSR count). The van der Waals surface area contributed by atoms with Gasteiger partial charge in [0.25, 0.3) is 0 Å². The molecule has 0 aliphatic carbocycles. The summed E-state index contributed by atoms with van der Waals surface area (Å²) in [5, 5.41) is 0. The predicted octanol–water partition coefficient (Wildman–Crippen LogP) is 2.89. The molecule has 0 aromatic carbocycles. The van der Waals surface area contributed by atoms with Crippen LogP contribution in [0.5, 0.6) is 0 Å². The number of hydrogen-bond donors (Lipinski definition) is 0. The molecule has 0 aliphatic rings. The molecule has 3 nitrogen and oxygen atoms in total. The van der Waals surface area contributed by atoms with E-state index in [-0.39, 0.29) is 0 Å². The van der Waals surface area contributed by atoms with Gasteiger partial charge in [-0.25, -0.2) is 0 Å². The van der Waals surface area contributed by atoms with Crippen LogP contribution in [-0.2, 0) is 13.1 Å². The van der Waals surface area contributed by atoms with Gasteiger partial charge in [0.15, 0.2) is 0 Å². The van der Waals surface area contributed by atoms with E-state index >= 15 is 0 Å². The summed E-state index contributed by atoms with van der Waals surface area (Å²) in [6, 6.07) is 0. The molecule has 68 valence electrons. The summed E-state index contributed by atoms with van der Waals surface area (Å²) in [5.41, 5.74) is 0. The van der Waals surface area contributed by atoms with Crippen LogP contribution in [0.3, 0.4) is 0 Å². The summed E-state index contributed by atoms with van der Waals surface area (Å²) in [6.45, 7) is 0.699. The molecular formula is C4H8Cl3O3P. The maximum absolute atomic E-state index is 5.34. The molecule has 0 saturated carbocycles. The number of halogens is 3. The van der Waals surface area contributed by atoms with E-state index < -0.39 is 8.60 Å². The van der Waals surface area contributed by atoms with Gasteiger partial charge in [0, 0.05) is 11.8 Å². The lowest BCUT2D eigenvalue weighted by atomic mass is 10.9. The molecule has 11 heavy (non-hydrogen) atoms. The minimum Gasteiger partial charge on any atom is -0.310 e. The highest BCUT2D eigenvalue weighted by Gasteiger charge is 2.10. The fraction of sp³-hybridized carbons (Fsp3) is 1.00. The Labute approximate surface area is 82.0 Å². The zero-order valence-corrected chi connectivity index (χ0v) is 8.80. The van der Waals surface area contributed by atoms with Crippen molar-refractivity contribution in [3.8, 4) is 0 Å². The molecule has 0 radical (unpaired) electrons. The highest BCUT2D eigenvalue weighted by Crippen LogP contribution is 2.40. The molecule has 0 heterocycles. The van der Waals surface area contributed by atoms with Crippen molar-refractivity contribution in [2.24, 2.45) is 0 Å². The van der Waals surface area contributed by atoms with E-state index in [1.165, 1.54) is 0 Å². The molecule has 0 unspecified atom stereocenters. The van der Waals surface area contributed by atoms with Gasteiger partial charge in [-0.2, -0.15) is 4.08 Å². The normalized spacial score (nSPS) is 10.9. The molecular weight excluding hydrogens is 233 g/mol. The molecule has 0 fully saturated rings. The Morgan fingerprint density at radius 3 is 1.73 bits per heavy atom. The molecule has 7 heteroatoms. The maximum Gasteiger partial charge on any atom is 0.350 e. The monoisotopic (exact) mass is 240 g/mol. The Morgan fingerprint density at radius 2 is 1.45 bits per heavy atom. The van der Waals surface area contributed by atoms with Gasteiger partial charge >= 0.3 is 8.60 Å². The standard InChI is InChI=1S/C4H8Cl3O3P/c5-1-3-8-11(10-7)9-4-2-6/h1-4H2. The van der Waals surface area contributed by atoms with E-state index in [9.17, 15) is 0 Å². The van der Waals surface area contributed by atoms with E-state index in [1.54, 1.807) is 0 Å². The lowest BCUT2D eigenvalue weighted by molar-refractivity contribution is 0.227. The zero-order valence-electron chi connectivity index (χ0n) is 5.63. The van der Waals surface area contributed by atoms with Crippen LogP contribution < -0.4 is 0 Å².